The lowest BCUT2D eigenvalue weighted by molar-refractivity contribution is 0.114. The Morgan fingerprint density at radius 3 is 2.81 bits per heavy atom. The molecule has 1 saturated heterocycles. The number of rotatable bonds is 7. The first kappa shape index (κ1) is 18.2. The molecular formula is C20H26N4O2. The van der Waals surface area contributed by atoms with Crippen LogP contribution < -0.4 is 15.4 Å². The number of aromatic nitrogens is 1. The van der Waals surface area contributed by atoms with Crippen molar-refractivity contribution in [2.24, 2.45) is 4.99 Å². The summed E-state index contributed by atoms with van der Waals surface area (Å²) >= 11 is 0. The Morgan fingerprint density at radius 2 is 2.12 bits per heavy atom. The van der Waals surface area contributed by atoms with Gasteiger partial charge in [-0.15, -0.1) is 0 Å². The largest absolute Gasteiger partial charge is 0.487 e. The van der Waals surface area contributed by atoms with Crippen LogP contribution in [0.3, 0.4) is 0 Å². The molecule has 0 spiro atoms. The first-order valence-electron chi connectivity index (χ1n) is 9.01. The van der Waals surface area contributed by atoms with Gasteiger partial charge in [-0.1, -0.05) is 18.2 Å². The zero-order valence-corrected chi connectivity index (χ0v) is 15.1. The Labute approximate surface area is 154 Å². The molecule has 6 nitrogen and oxygen atoms in total. The van der Waals surface area contributed by atoms with Crippen molar-refractivity contribution in [3.8, 4) is 5.75 Å². The number of nitrogens with zero attached hydrogens (tertiary/aromatic N) is 2. The predicted molar refractivity (Wildman–Crippen MR) is 102 cm³/mol. The zero-order chi connectivity index (χ0) is 18.0. The predicted octanol–water partition coefficient (Wildman–Crippen LogP) is 2.50. The van der Waals surface area contributed by atoms with Gasteiger partial charge in [0.05, 0.1) is 11.8 Å². The second kappa shape index (κ2) is 9.77. The third-order valence-corrected chi connectivity index (χ3v) is 4.24. The Morgan fingerprint density at radius 1 is 1.23 bits per heavy atom. The second-order valence-corrected chi connectivity index (χ2v) is 6.20. The molecule has 0 amide bonds. The lowest BCUT2D eigenvalue weighted by atomic mass is 10.2. The van der Waals surface area contributed by atoms with E-state index < -0.39 is 0 Å². The van der Waals surface area contributed by atoms with Gasteiger partial charge in [0.1, 0.15) is 12.4 Å². The van der Waals surface area contributed by atoms with E-state index >= 15 is 0 Å². The molecule has 0 radical (unpaired) electrons. The molecular weight excluding hydrogens is 328 g/mol. The van der Waals surface area contributed by atoms with E-state index in [1.165, 1.54) is 0 Å². The van der Waals surface area contributed by atoms with Crippen molar-refractivity contribution in [2.75, 3.05) is 20.2 Å². The molecule has 2 heterocycles. The monoisotopic (exact) mass is 354 g/mol. The van der Waals surface area contributed by atoms with Crippen molar-refractivity contribution in [2.45, 2.75) is 32.1 Å². The van der Waals surface area contributed by atoms with Crippen molar-refractivity contribution in [1.82, 2.24) is 15.6 Å². The van der Waals surface area contributed by atoms with Crippen LogP contribution in [0.5, 0.6) is 5.75 Å². The van der Waals surface area contributed by atoms with Crippen LogP contribution in [-0.2, 0) is 17.9 Å². The molecule has 0 saturated carbocycles. The maximum Gasteiger partial charge on any atom is 0.191 e. The SMILES string of the molecule is CN=C(NCc1ccc(OCc2ccccn2)cc1)NCC1CCCO1. The first-order chi connectivity index (χ1) is 12.8. The van der Waals surface area contributed by atoms with Crippen molar-refractivity contribution in [3.63, 3.8) is 0 Å². The number of guanidine groups is 1. The van der Waals surface area contributed by atoms with Gasteiger partial charge in [-0.05, 0) is 42.7 Å². The van der Waals surface area contributed by atoms with Gasteiger partial charge in [-0.3, -0.25) is 9.98 Å². The highest BCUT2D eigenvalue weighted by molar-refractivity contribution is 5.79. The summed E-state index contributed by atoms with van der Waals surface area (Å²) in [5.41, 5.74) is 2.08. The van der Waals surface area contributed by atoms with E-state index in [2.05, 4.69) is 20.6 Å². The summed E-state index contributed by atoms with van der Waals surface area (Å²) in [4.78, 5) is 8.50. The minimum absolute atomic E-state index is 0.295. The molecule has 1 unspecified atom stereocenters. The summed E-state index contributed by atoms with van der Waals surface area (Å²) in [5, 5.41) is 6.63. The van der Waals surface area contributed by atoms with Crippen molar-refractivity contribution in [3.05, 3.63) is 59.9 Å². The quantitative estimate of drug-likeness (QED) is 0.591. The van der Waals surface area contributed by atoms with Gasteiger partial charge in [0.15, 0.2) is 5.96 Å². The lowest BCUT2D eigenvalue weighted by Crippen LogP contribution is -2.40. The number of benzene rings is 1. The first-order valence-corrected chi connectivity index (χ1v) is 9.01. The zero-order valence-electron chi connectivity index (χ0n) is 15.1. The van der Waals surface area contributed by atoms with Crippen LogP contribution in [0.4, 0.5) is 0 Å². The molecule has 3 rings (SSSR count). The Balaban J connectivity index is 1.41. The van der Waals surface area contributed by atoms with Gasteiger partial charge in [0.25, 0.3) is 0 Å². The Hall–Kier alpha value is -2.60. The maximum atomic E-state index is 5.76. The van der Waals surface area contributed by atoms with Crippen LogP contribution in [-0.4, -0.2) is 37.2 Å². The average Bonchev–Trinajstić information content (AvgIpc) is 3.22. The topological polar surface area (TPSA) is 67.8 Å². The fourth-order valence-corrected chi connectivity index (χ4v) is 2.77. The molecule has 1 aliphatic heterocycles. The normalized spacial score (nSPS) is 17.1. The summed E-state index contributed by atoms with van der Waals surface area (Å²) in [6.45, 7) is 2.83. The fourth-order valence-electron chi connectivity index (χ4n) is 2.77. The van der Waals surface area contributed by atoms with E-state index in [4.69, 9.17) is 9.47 Å². The van der Waals surface area contributed by atoms with Gasteiger partial charge < -0.3 is 20.1 Å². The number of aliphatic imine (C=N–C) groups is 1. The summed E-state index contributed by atoms with van der Waals surface area (Å²) in [7, 11) is 1.78. The van der Waals surface area contributed by atoms with Gasteiger partial charge in [0.2, 0.25) is 0 Å². The van der Waals surface area contributed by atoms with Crippen LogP contribution in [0.15, 0.2) is 53.7 Å². The summed E-state index contributed by atoms with van der Waals surface area (Å²) in [6.07, 6.45) is 4.33. The van der Waals surface area contributed by atoms with Crippen LogP contribution >= 0.6 is 0 Å². The van der Waals surface area contributed by atoms with E-state index in [-0.39, 0.29) is 0 Å². The molecule has 1 aromatic heterocycles. The molecule has 1 aliphatic rings. The summed E-state index contributed by atoms with van der Waals surface area (Å²) in [5.74, 6) is 1.62. The van der Waals surface area contributed by atoms with E-state index in [9.17, 15) is 0 Å². The van der Waals surface area contributed by atoms with E-state index in [0.717, 1.165) is 49.0 Å². The number of pyridine rings is 1. The average molecular weight is 354 g/mol. The Bertz CT molecular complexity index is 683. The van der Waals surface area contributed by atoms with Gasteiger partial charge in [-0.25, -0.2) is 0 Å². The van der Waals surface area contributed by atoms with E-state index in [0.29, 0.717) is 19.3 Å². The molecule has 2 aromatic rings. The highest BCUT2D eigenvalue weighted by atomic mass is 16.5. The van der Waals surface area contributed by atoms with Crippen LogP contribution in [0, 0.1) is 0 Å². The highest BCUT2D eigenvalue weighted by Crippen LogP contribution is 2.14. The number of hydrogen-bond acceptors (Lipinski definition) is 4. The van der Waals surface area contributed by atoms with Gasteiger partial charge in [-0.2, -0.15) is 0 Å². The molecule has 2 N–H and O–H groups in total. The van der Waals surface area contributed by atoms with Crippen LogP contribution in [0.25, 0.3) is 0 Å². The third-order valence-electron chi connectivity index (χ3n) is 4.24. The number of ether oxygens (including phenoxy) is 2. The fraction of sp³-hybridized carbons (Fsp3) is 0.400. The van der Waals surface area contributed by atoms with Gasteiger partial charge >= 0.3 is 0 Å². The highest BCUT2D eigenvalue weighted by Gasteiger charge is 2.15. The molecule has 26 heavy (non-hydrogen) atoms. The minimum Gasteiger partial charge on any atom is -0.487 e. The maximum absolute atomic E-state index is 5.76. The van der Waals surface area contributed by atoms with Crippen LogP contribution in [0.2, 0.25) is 0 Å². The van der Waals surface area contributed by atoms with E-state index in [1.54, 1.807) is 13.2 Å². The second-order valence-electron chi connectivity index (χ2n) is 6.20. The molecule has 6 heteroatoms. The standard InChI is InChI=1S/C20H26N4O2/c1-21-20(24-14-19-6-4-12-25-19)23-13-16-7-9-18(10-8-16)26-15-17-5-2-3-11-22-17/h2-3,5,7-11,19H,4,6,12-15H2,1H3,(H2,21,23,24). The molecule has 138 valence electrons. The summed E-state index contributed by atoms with van der Waals surface area (Å²) < 4.78 is 11.4. The minimum atomic E-state index is 0.295. The Kier molecular flexibility index (Phi) is 6.84. The van der Waals surface area contributed by atoms with Crippen molar-refractivity contribution >= 4 is 5.96 Å². The molecule has 0 aliphatic carbocycles. The number of nitrogens with one attached hydrogen (secondary N) is 2. The summed E-state index contributed by atoms with van der Waals surface area (Å²) in [6, 6.07) is 13.9. The molecule has 1 atom stereocenters. The van der Waals surface area contributed by atoms with Gasteiger partial charge in [0, 0.05) is 32.9 Å². The molecule has 0 bridgehead atoms. The van der Waals surface area contributed by atoms with Crippen molar-refractivity contribution in [1.29, 1.82) is 0 Å². The molecule has 1 aromatic carbocycles. The lowest BCUT2D eigenvalue weighted by Gasteiger charge is -2.15. The van der Waals surface area contributed by atoms with E-state index in [1.807, 2.05) is 42.5 Å². The molecule has 1 fully saturated rings. The van der Waals surface area contributed by atoms with Crippen LogP contribution in [0.1, 0.15) is 24.1 Å². The third kappa shape index (κ3) is 5.74. The number of hydrogen-bond donors (Lipinski definition) is 2. The smallest absolute Gasteiger partial charge is 0.191 e. The van der Waals surface area contributed by atoms with Crippen molar-refractivity contribution < 1.29 is 9.47 Å².